The van der Waals surface area contributed by atoms with E-state index in [-0.39, 0.29) is 12.0 Å². The maximum Gasteiger partial charge on any atom is 0.236 e. The molecule has 1 aromatic carbocycles. The molecule has 0 unspecified atom stereocenters. The highest BCUT2D eigenvalue weighted by atomic mass is 35.5. The fourth-order valence-corrected chi connectivity index (χ4v) is 3.60. The molecule has 2 heterocycles. The number of benzene rings is 1. The van der Waals surface area contributed by atoms with Gasteiger partial charge in [-0.1, -0.05) is 23.7 Å². The number of hydrogen-bond acceptors (Lipinski definition) is 4. The second-order valence-corrected chi connectivity index (χ2v) is 7.25. The summed E-state index contributed by atoms with van der Waals surface area (Å²) < 4.78 is 0. The fourth-order valence-electron chi connectivity index (χ4n) is 3.47. The monoisotopic (exact) mass is 351 g/mol. The number of carbonyl (C=O) groups excluding carboxylic acids is 1. The average molecular weight is 352 g/mol. The lowest BCUT2D eigenvalue weighted by molar-refractivity contribution is -0.134. The van der Waals surface area contributed by atoms with Crippen LogP contribution in [0.15, 0.2) is 24.3 Å². The van der Waals surface area contributed by atoms with Crippen molar-refractivity contribution < 1.29 is 9.90 Å². The van der Waals surface area contributed by atoms with E-state index < -0.39 is 0 Å². The maximum absolute atomic E-state index is 12.4. The molecule has 1 aromatic rings. The molecule has 2 aliphatic rings. The van der Waals surface area contributed by atoms with Crippen LogP contribution in [0.5, 0.6) is 0 Å². The first-order chi connectivity index (χ1) is 11.6. The zero-order valence-corrected chi connectivity index (χ0v) is 14.8. The van der Waals surface area contributed by atoms with E-state index in [0.29, 0.717) is 13.1 Å². The lowest BCUT2D eigenvalue weighted by Gasteiger charge is -2.37. The summed E-state index contributed by atoms with van der Waals surface area (Å²) >= 11 is 5.92. The molecule has 0 saturated carbocycles. The largest absolute Gasteiger partial charge is 0.392 e. The van der Waals surface area contributed by atoms with Gasteiger partial charge in [0.05, 0.1) is 12.6 Å². The van der Waals surface area contributed by atoms with Crippen LogP contribution < -0.4 is 0 Å². The molecule has 6 heteroatoms. The highest BCUT2D eigenvalue weighted by molar-refractivity contribution is 6.30. The van der Waals surface area contributed by atoms with E-state index in [1.165, 1.54) is 5.56 Å². The van der Waals surface area contributed by atoms with Crippen LogP contribution in [-0.2, 0) is 11.3 Å². The molecule has 0 aliphatic carbocycles. The molecule has 3 rings (SSSR count). The number of nitrogens with zero attached hydrogens (tertiary/aromatic N) is 3. The summed E-state index contributed by atoms with van der Waals surface area (Å²) in [5, 5.41) is 10.5. The van der Waals surface area contributed by atoms with Gasteiger partial charge >= 0.3 is 0 Å². The van der Waals surface area contributed by atoms with Crippen LogP contribution in [0.2, 0.25) is 5.02 Å². The third-order valence-electron chi connectivity index (χ3n) is 4.88. The molecule has 0 bridgehead atoms. The third kappa shape index (κ3) is 4.93. The van der Waals surface area contributed by atoms with E-state index >= 15 is 0 Å². The van der Waals surface area contributed by atoms with Crippen LogP contribution in [0.1, 0.15) is 18.4 Å². The van der Waals surface area contributed by atoms with Crippen molar-refractivity contribution in [3.63, 3.8) is 0 Å². The minimum Gasteiger partial charge on any atom is -0.392 e. The van der Waals surface area contributed by atoms with Crippen molar-refractivity contribution in [2.45, 2.75) is 25.5 Å². The second kappa shape index (κ2) is 8.30. The summed E-state index contributed by atoms with van der Waals surface area (Å²) in [6.45, 7) is 6.24. The van der Waals surface area contributed by atoms with Crippen molar-refractivity contribution in [1.29, 1.82) is 0 Å². The van der Waals surface area contributed by atoms with Crippen LogP contribution in [-0.4, -0.2) is 77.6 Å². The summed E-state index contributed by atoms with van der Waals surface area (Å²) in [4.78, 5) is 18.9. The Morgan fingerprint density at radius 2 is 1.79 bits per heavy atom. The number of carbonyl (C=O) groups is 1. The quantitative estimate of drug-likeness (QED) is 0.891. The van der Waals surface area contributed by atoms with E-state index in [1.54, 1.807) is 0 Å². The highest BCUT2D eigenvalue weighted by Gasteiger charge is 2.25. The standard InChI is InChI=1S/C18H26ClN3O2/c19-16-5-3-15(4-6-16)12-20-8-10-22(11-9-20)18(24)14-21-7-1-2-17(23)13-21/h3-6,17,23H,1-2,7-14H2/t17-/m1/s1. The normalized spacial score (nSPS) is 23.4. The lowest BCUT2D eigenvalue weighted by atomic mass is 10.1. The van der Waals surface area contributed by atoms with Gasteiger partial charge in [-0.3, -0.25) is 14.6 Å². The number of rotatable bonds is 4. The predicted molar refractivity (Wildman–Crippen MR) is 95.0 cm³/mol. The number of aliphatic hydroxyl groups excluding tert-OH is 1. The van der Waals surface area contributed by atoms with Crippen LogP contribution in [0, 0.1) is 0 Å². The van der Waals surface area contributed by atoms with E-state index in [1.807, 2.05) is 17.0 Å². The first kappa shape index (κ1) is 17.7. The molecule has 1 amide bonds. The molecule has 2 aliphatic heterocycles. The smallest absolute Gasteiger partial charge is 0.236 e. The average Bonchev–Trinajstić information content (AvgIpc) is 2.57. The van der Waals surface area contributed by atoms with Gasteiger partial charge in [0.25, 0.3) is 0 Å². The summed E-state index contributed by atoms with van der Waals surface area (Å²) in [6, 6.07) is 7.95. The van der Waals surface area contributed by atoms with E-state index in [2.05, 4.69) is 21.9 Å². The van der Waals surface area contributed by atoms with Crippen molar-refractivity contribution in [3.05, 3.63) is 34.9 Å². The molecule has 1 atom stereocenters. The number of likely N-dealkylation sites (tertiary alicyclic amines) is 1. The Hall–Kier alpha value is -1.14. The van der Waals surface area contributed by atoms with Crippen LogP contribution in [0.4, 0.5) is 0 Å². The molecule has 0 spiro atoms. The van der Waals surface area contributed by atoms with Crippen molar-refractivity contribution in [2.24, 2.45) is 0 Å². The van der Waals surface area contributed by atoms with Crippen molar-refractivity contribution in [3.8, 4) is 0 Å². The molecule has 0 aromatic heterocycles. The maximum atomic E-state index is 12.4. The van der Waals surface area contributed by atoms with Gasteiger partial charge in [0.2, 0.25) is 5.91 Å². The van der Waals surface area contributed by atoms with Crippen LogP contribution in [0.3, 0.4) is 0 Å². The Morgan fingerprint density at radius 1 is 1.08 bits per heavy atom. The van der Waals surface area contributed by atoms with Gasteiger partial charge in [-0.05, 0) is 37.1 Å². The number of halogens is 1. The predicted octanol–water partition coefficient (Wildman–Crippen LogP) is 1.44. The molecule has 1 N–H and O–H groups in total. The van der Waals surface area contributed by atoms with Gasteiger partial charge in [0.1, 0.15) is 0 Å². The van der Waals surface area contributed by atoms with Gasteiger partial charge in [0.15, 0.2) is 0 Å². The number of amides is 1. The van der Waals surface area contributed by atoms with Crippen molar-refractivity contribution in [2.75, 3.05) is 45.8 Å². The van der Waals surface area contributed by atoms with Gasteiger partial charge in [-0.15, -0.1) is 0 Å². The van der Waals surface area contributed by atoms with E-state index in [0.717, 1.165) is 57.1 Å². The Kier molecular flexibility index (Phi) is 6.11. The topological polar surface area (TPSA) is 47.0 Å². The summed E-state index contributed by atoms with van der Waals surface area (Å²) in [5.41, 5.74) is 1.25. The SMILES string of the molecule is O=C(CN1CCC[C@@H](O)C1)N1CCN(Cc2ccc(Cl)cc2)CC1. The first-order valence-electron chi connectivity index (χ1n) is 8.75. The number of piperidine rings is 1. The minimum atomic E-state index is -0.275. The molecular formula is C18H26ClN3O2. The Morgan fingerprint density at radius 3 is 2.46 bits per heavy atom. The third-order valence-corrected chi connectivity index (χ3v) is 5.14. The fraction of sp³-hybridized carbons (Fsp3) is 0.611. The Bertz CT molecular complexity index is 544. The number of hydrogen-bond donors (Lipinski definition) is 1. The zero-order chi connectivity index (χ0) is 16.9. The summed E-state index contributed by atoms with van der Waals surface area (Å²) in [7, 11) is 0. The van der Waals surface area contributed by atoms with Crippen molar-refractivity contribution >= 4 is 17.5 Å². The van der Waals surface area contributed by atoms with Gasteiger partial charge in [-0.2, -0.15) is 0 Å². The Balaban J connectivity index is 1.42. The molecule has 24 heavy (non-hydrogen) atoms. The molecule has 0 radical (unpaired) electrons. The Labute approximate surface area is 148 Å². The van der Waals surface area contributed by atoms with Crippen LogP contribution >= 0.6 is 11.6 Å². The molecule has 132 valence electrons. The highest BCUT2D eigenvalue weighted by Crippen LogP contribution is 2.14. The lowest BCUT2D eigenvalue weighted by Crippen LogP contribution is -2.52. The number of aliphatic hydroxyl groups is 1. The molecule has 5 nitrogen and oxygen atoms in total. The van der Waals surface area contributed by atoms with Crippen LogP contribution in [0.25, 0.3) is 0 Å². The molecular weight excluding hydrogens is 326 g/mol. The van der Waals surface area contributed by atoms with Gasteiger partial charge in [0, 0.05) is 44.3 Å². The first-order valence-corrected chi connectivity index (χ1v) is 9.13. The molecule has 2 saturated heterocycles. The van der Waals surface area contributed by atoms with E-state index in [4.69, 9.17) is 11.6 Å². The van der Waals surface area contributed by atoms with E-state index in [9.17, 15) is 9.90 Å². The minimum absolute atomic E-state index is 0.190. The van der Waals surface area contributed by atoms with Gasteiger partial charge in [-0.25, -0.2) is 0 Å². The summed E-state index contributed by atoms with van der Waals surface area (Å²) in [6.07, 6.45) is 1.56. The van der Waals surface area contributed by atoms with Gasteiger partial charge < -0.3 is 10.0 Å². The number of piperazine rings is 1. The zero-order valence-electron chi connectivity index (χ0n) is 14.0. The number of β-amino-alcohol motifs (C(OH)–C–C–N with tert-alkyl or cyclic N) is 1. The second-order valence-electron chi connectivity index (χ2n) is 6.81. The molecule has 2 fully saturated rings. The van der Waals surface area contributed by atoms with Crippen molar-refractivity contribution in [1.82, 2.24) is 14.7 Å². The summed E-state index contributed by atoms with van der Waals surface area (Å²) in [5.74, 6) is 0.190.